The Morgan fingerprint density at radius 3 is 2.62 bits per heavy atom. The van der Waals surface area contributed by atoms with Crippen LogP contribution in [0.15, 0.2) is 0 Å². The lowest BCUT2D eigenvalue weighted by atomic mass is 10.3. The largest absolute Gasteiger partial charge is 0.355 e. The van der Waals surface area contributed by atoms with Gasteiger partial charge in [0.05, 0.1) is 6.54 Å². The van der Waals surface area contributed by atoms with Crippen LogP contribution >= 0.6 is 0 Å². The molecule has 0 radical (unpaired) electrons. The second-order valence-electron chi connectivity index (χ2n) is 3.38. The molecule has 0 aliphatic heterocycles. The Morgan fingerprint density at radius 2 is 2.08 bits per heavy atom. The van der Waals surface area contributed by atoms with Gasteiger partial charge in [-0.1, -0.05) is 13.8 Å². The van der Waals surface area contributed by atoms with E-state index in [9.17, 15) is 4.79 Å². The molecule has 0 saturated heterocycles. The number of hydrogen-bond donors (Lipinski definition) is 3. The summed E-state index contributed by atoms with van der Waals surface area (Å²) in [5.74, 6) is 0.0609. The molecule has 0 fully saturated rings. The second-order valence-corrected chi connectivity index (χ2v) is 3.38. The molecule has 1 amide bonds. The number of nitrogens with two attached hydrogens (primary N) is 1. The van der Waals surface area contributed by atoms with Gasteiger partial charge in [0.2, 0.25) is 5.91 Å². The summed E-state index contributed by atoms with van der Waals surface area (Å²) in [5.41, 5.74) is 5.32. The second kappa shape index (κ2) is 8.01. The Kier molecular flexibility index (Phi) is 7.63. The van der Waals surface area contributed by atoms with Crippen molar-refractivity contribution in [1.82, 2.24) is 10.6 Å². The maximum Gasteiger partial charge on any atom is 0.233 e. The van der Waals surface area contributed by atoms with Crippen molar-refractivity contribution < 1.29 is 4.79 Å². The summed E-state index contributed by atoms with van der Waals surface area (Å²) in [6.07, 6.45) is 1.93. The molecule has 4 heteroatoms. The molecule has 0 heterocycles. The van der Waals surface area contributed by atoms with Gasteiger partial charge in [0, 0.05) is 12.6 Å². The molecule has 0 aromatic rings. The lowest BCUT2D eigenvalue weighted by molar-refractivity contribution is -0.120. The molecule has 0 saturated carbocycles. The fourth-order valence-corrected chi connectivity index (χ4v) is 0.856. The zero-order valence-electron chi connectivity index (χ0n) is 8.60. The number of carbonyl (C=O) groups excluding carboxylic acids is 1. The van der Waals surface area contributed by atoms with Crippen LogP contribution in [0.3, 0.4) is 0 Å². The van der Waals surface area contributed by atoms with Crippen LogP contribution in [0.25, 0.3) is 0 Å². The molecule has 0 aromatic heterocycles. The van der Waals surface area contributed by atoms with Gasteiger partial charge in [-0.2, -0.15) is 0 Å². The smallest absolute Gasteiger partial charge is 0.233 e. The predicted molar refractivity (Wildman–Crippen MR) is 54.4 cm³/mol. The highest BCUT2D eigenvalue weighted by molar-refractivity contribution is 5.77. The topological polar surface area (TPSA) is 67.2 Å². The van der Waals surface area contributed by atoms with E-state index in [0.29, 0.717) is 19.1 Å². The first-order valence-electron chi connectivity index (χ1n) is 4.87. The fourth-order valence-electron chi connectivity index (χ4n) is 0.856. The van der Waals surface area contributed by atoms with Crippen molar-refractivity contribution in [2.45, 2.75) is 32.7 Å². The maximum atomic E-state index is 11.1. The van der Waals surface area contributed by atoms with Gasteiger partial charge < -0.3 is 16.4 Å². The van der Waals surface area contributed by atoms with Crippen molar-refractivity contribution in [3.8, 4) is 0 Å². The van der Waals surface area contributed by atoms with E-state index in [4.69, 9.17) is 5.73 Å². The van der Waals surface area contributed by atoms with E-state index in [-0.39, 0.29) is 5.91 Å². The monoisotopic (exact) mass is 187 g/mol. The Balaban J connectivity index is 3.20. The third-order valence-electron chi connectivity index (χ3n) is 1.62. The van der Waals surface area contributed by atoms with E-state index >= 15 is 0 Å². The van der Waals surface area contributed by atoms with Crippen LogP contribution in [0.4, 0.5) is 0 Å². The molecule has 78 valence electrons. The van der Waals surface area contributed by atoms with Crippen LogP contribution in [0.1, 0.15) is 26.7 Å². The minimum absolute atomic E-state index is 0.0609. The van der Waals surface area contributed by atoms with Gasteiger partial charge in [-0.25, -0.2) is 0 Å². The third kappa shape index (κ3) is 9.30. The zero-order chi connectivity index (χ0) is 10.1. The average Bonchev–Trinajstić information content (AvgIpc) is 2.09. The first-order chi connectivity index (χ1) is 6.16. The molecule has 0 rings (SSSR count). The molecule has 13 heavy (non-hydrogen) atoms. The van der Waals surface area contributed by atoms with Crippen molar-refractivity contribution in [3.63, 3.8) is 0 Å². The van der Waals surface area contributed by atoms with E-state index in [0.717, 1.165) is 19.4 Å². The van der Waals surface area contributed by atoms with E-state index in [1.807, 2.05) is 13.8 Å². The fraction of sp³-hybridized carbons (Fsp3) is 0.889. The Labute approximate surface area is 80.3 Å². The highest BCUT2D eigenvalue weighted by Gasteiger charge is 2.00. The van der Waals surface area contributed by atoms with E-state index in [1.54, 1.807) is 0 Å². The number of rotatable bonds is 7. The van der Waals surface area contributed by atoms with E-state index in [1.165, 1.54) is 0 Å². The number of amides is 1. The van der Waals surface area contributed by atoms with Gasteiger partial charge in [0.25, 0.3) is 0 Å². The highest BCUT2D eigenvalue weighted by Crippen LogP contribution is 1.82. The maximum absolute atomic E-state index is 11.1. The summed E-state index contributed by atoms with van der Waals surface area (Å²) >= 11 is 0. The molecule has 0 aliphatic carbocycles. The summed E-state index contributed by atoms with van der Waals surface area (Å²) in [6, 6.07) is 0.356. The van der Waals surface area contributed by atoms with Gasteiger partial charge in [-0.05, 0) is 19.4 Å². The number of unbranched alkanes of at least 4 members (excludes halogenated alkanes) is 1. The third-order valence-corrected chi connectivity index (χ3v) is 1.62. The van der Waals surface area contributed by atoms with Crippen LogP contribution in [0.5, 0.6) is 0 Å². The normalized spacial score (nSPS) is 10.5. The van der Waals surface area contributed by atoms with Gasteiger partial charge in [-0.3, -0.25) is 4.79 Å². The van der Waals surface area contributed by atoms with Crippen LogP contribution in [0.2, 0.25) is 0 Å². The summed E-state index contributed by atoms with van der Waals surface area (Å²) in [6.45, 7) is 5.86. The molecule has 0 aromatic carbocycles. The minimum Gasteiger partial charge on any atom is -0.355 e. The Bertz CT molecular complexity index is 137. The summed E-state index contributed by atoms with van der Waals surface area (Å²) in [5, 5.41) is 5.87. The van der Waals surface area contributed by atoms with Crippen molar-refractivity contribution in [1.29, 1.82) is 0 Å². The van der Waals surface area contributed by atoms with Crippen LogP contribution in [0, 0.1) is 0 Å². The standard InChI is InChI=1S/C9H21N3O/c1-8(2)12-7-9(13)11-6-4-3-5-10/h8,12H,3-7,10H2,1-2H3,(H,11,13). The zero-order valence-corrected chi connectivity index (χ0v) is 8.60. The average molecular weight is 187 g/mol. The summed E-state index contributed by atoms with van der Waals surface area (Å²) in [4.78, 5) is 11.1. The number of nitrogens with one attached hydrogen (secondary N) is 2. The van der Waals surface area contributed by atoms with Crippen molar-refractivity contribution >= 4 is 5.91 Å². The molecule has 0 atom stereocenters. The number of hydrogen-bond acceptors (Lipinski definition) is 3. The van der Waals surface area contributed by atoms with Gasteiger partial charge >= 0.3 is 0 Å². The molecule has 0 aliphatic rings. The SMILES string of the molecule is CC(C)NCC(=O)NCCCCN. The van der Waals surface area contributed by atoms with Crippen molar-refractivity contribution in [2.75, 3.05) is 19.6 Å². The number of carbonyl (C=O) groups is 1. The van der Waals surface area contributed by atoms with Crippen LogP contribution in [-0.4, -0.2) is 31.6 Å². The lowest BCUT2D eigenvalue weighted by Crippen LogP contribution is -2.37. The molecule has 0 bridgehead atoms. The molecule has 0 spiro atoms. The quantitative estimate of drug-likeness (QED) is 0.485. The van der Waals surface area contributed by atoms with Gasteiger partial charge in [0.1, 0.15) is 0 Å². The lowest BCUT2D eigenvalue weighted by Gasteiger charge is -2.08. The minimum atomic E-state index is 0.0609. The molecule has 0 unspecified atom stereocenters. The van der Waals surface area contributed by atoms with Crippen molar-refractivity contribution in [3.05, 3.63) is 0 Å². The molecular weight excluding hydrogens is 166 g/mol. The predicted octanol–water partition coefficient (Wildman–Crippen LogP) is -0.160. The summed E-state index contributed by atoms with van der Waals surface area (Å²) in [7, 11) is 0. The van der Waals surface area contributed by atoms with Gasteiger partial charge in [-0.15, -0.1) is 0 Å². The van der Waals surface area contributed by atoms with Crippen LogP contribution < -0.4 is 16.4 Å². The molecular formula is C9H21N3O. The van der Waals surface area contributed by atoms with Gasteiger partial charge in [0.15, 0.2) is 0 Å². The Morgan fingerprint density at radius 1 is 1.38 bits per heavy atom. The van der Waals surface area contributed by atoms with E-state index in [2.05, 4.69) is 10.6 Å². The van der Waals surface area contributed by atoms with Crippen molar-refractivity contribution in [2.24, 2.45) is 5.73 Å². The van der Waals surface area contributed by atoms with Crippen LogP contribution in [-0.2, 0) is 4.79 Å². The van der Waals surface area contributed by atoms with E-state index < -0.39 is 0 Å². The first kappa shape index (κ1) is 12.4. The highest BCUT2D eigenvalue weighted by atomic mass is 16.1. The first-order valence-corrected chi connectivity index (χ1v) is 4.87. The molecule has 4 nitrogen and oxygen atoms in total. The summed E-state index contributed by atoms with van der Waals surface area (Å²) < 4.78 is 0. The molecule has 4 N–H and O–H groups in total. The Hall–Kier alpha value is -0.610.